The van der Waals surface area contributed by atoms with Crippen molar-refractivity contribution in [1.29, 1.82) is 0 Å². The molecule has 0 fully saturated rings. The van der Waals surface area contributed by atoms with Crippen molar-refractivity contribution < 1.29 is 4.79 Å². The van der Waals surface area contributed by atoms with E-state index >= 15 is 0 Å². The topological polar surface area (TPSA) is 78.4 Å². The van der Waals surface area contributed by atoms with Crippen LogP contribution in [0.2, 0.25) is 0 Å². The highest BCUT2D eigenvalue weighted by Crippen LogP contribution is 2.17. The molecule has 1 rings (SSSR count). The van der Waals surface area contributed by atoms with Crippen LogP contribution in [-0.4, -0.2) is 37.0 Å². The lowest BCUT2D eigenvalue weighted by Gasteiger charge is -2.10. The number of amides is 1. The van der Waals surface area contributed by atoms with Crippen molar-refractivity contribution in [2.75, 3.05) is 20.1 Å². The molecule has 7 heteroatoms. The molecule has 1 heterocycles. The first-order valence-corrected chi connectivity index (χ1v) is 8.60. The number of guanidine groups is 1. The molecular weight excluding hydrogens is 298 g/mol. The Morgan fingerprint density at radius 2 is 2.09 bits per heavy atom. The molecule has 0 saturated heterocycles. The van der Waals surface area contributed by atoms with Crippen LogP contribution in [0.25, 0.3) is 0 Å². The summed E-state index contributed by atoms with van der Waals surface area (Å²) in [5.74, 6) is 1.19. The summed E-state index contributed by atoms with van der Waals surface area (Å²) < 4.78 is 0. The first-order valence-electron chi connectivity index (χ1n) is 7.72. The Labute approximate surface area is 136 Å². The van der Waals surface area contributed by atoms with Gasteiger partial charge in [-0.15, -0.1) is 11.3 Å². The maximum atomic E-state index is 11.5. The third-order valence-electron chi connectivity index (χ3n) is 3.01. The summed E-state index contributed by atoms with van der Waals surface area (Å²) in [6, 6.07) is 0. The van der Waals surface area contributed by atoms with E-state index in [1.165, 1.54) is 0 Å². The van der Waals surface area contributed by atoms with Crippen LogP contribution >= 0.6 is 11.3 Å². The molecule has 0 aliphatic rings. The Morgan fingerprint density at radius 1 is 1.32 bits per heavy atom. The number of hydrogen-bond donors (Lipinski definition) is 3. The molecule has 0 aliphatic heterocycles. The van der Waals surface area contributed by atoms with Gasteiger partial charge >= 0.3 is 0 Å². The highest BCUT2D eigenvalue weighted by Gasteiger charge is 2.06. The number of aromatic nitrogens is 1. The standard InChI is InChI=1S/C15H27N5OS/c1-5-7-17-13(21)6-8-18-15(16-4)19-9-14-20-12(10-22-14)11(2)3/h10-11H,5-9H2,1-4H3,(H,17,21)(H2,16,18,19). The molecule has 0 aliphatic carbocycles. The predicted molar refractivity (Wildman–Crippen MR) is 92.3 cm³/mol. The molecule has 1 aromatic rings. The number of carbonyl (C=O) groups excluding carboxylic acids is 1. The van der Waals surface area contributed by atoms with Gasteiger partial charge in [0.1, 0.15) is 5.01 Å². The van der Waals surface area contributed by atoms with Crippen molar-refractivity contribution in [2.24, 2.45) is 4.99 Å². The quantitative estimate of drug-likeness (QED) is 0.503. The van der Waals surface area contributed by atoms with E-state index in [-0.39, 0.29) is 5.91 Å². The molecular formula is C15H27N5OS. The molecule has 0 saturated carbocycles. The zero-order valence-electron chi connectivity index (χ0n) is 13.9. The van der Waals surface area contributed by atoms with Gasteiger partial charge < -0.3 is 16.0 Å². The molecule has 1 amide bonds. The van der Waals surface area contributed by atoms with Crippen molar-refractivity contribution in [2.45, 2.75) is 46.1 Å². The summed E-state index contributed by atoms with van der Waals surface area (Å²) >= 11 is 1.65. The minimum atomic E-state index is 0.0614. The Morgan fingerprint density at radius 3 is 2.68 bits per heavy atom. The molecule has 1 aromatic heterocycles. The van der Waals surface area contributed by atoms with Crippen molar-refractivity contribution in [3.63, 3.8) is 0 Å². The molecule has 0 unspecified atom stereocenters. The molecule has 0 radical (unpaired) electrons. The maximum Gasteiger partial charge on any atom is 0.221 e. The van der Waals surface area contributed by atoms with Crippen LogP contribution in [0, 0.1) is 0 Å². The number of thiazole rings is 1. The van der Waals surface area contributed by atoms with E-state index in [1.54, 1.807) is 18.4 Å². The fraction of sp³-hybridized carbons (Fsp3) is 0.667. The van der Waals surface area contributed by atoms with Crippen LogP contribution < -0.4 is 16.0 Å². The molecule has 124 valence electrons. The van der Waals surface area contributed by atoms with Gasteiger partial charge in [-0.3, -0.25) is 9.79 Å². The van der Waals surface area contributed by atoms with Gasteiger partial charge in [-0.1, -0.05) is 20.8 Å². The Hall–Kier alpha value is -1.63. The second kappa shape index (κ2) is 10.2. The Bertz CT molecular complexity index is 484. The average molecular weight is 325 g/mol. The number of nitrogens with zero attached hydrogens (tertiary/aromatic N) is 2. The first kappa shape index (κ1) is 18.4. The van der Waals surface area contributed by atoms with Gasteiger partial charge in [0.15, 0.2) is 5.96 Å². The van der Waals surface area contributed by atoms with E-state index in [0.29, 0.717) is 31.4 Å². The predicted octanol–water partition coefficient (Wildman–Crippen LogP) is 1.85. The van der Waals surface area contributed by atoms with E-state index in [9.17, 15) is 4.79 Å². The maximum absolute atomic E-state index is 11.5. The van der Waals surface area contributed by atoms with Gasteiger partial charge in [0, 0.05) is 31.9 Å². The van der Waals surface area contributed by atoms with Crippen molar-refractivity contribution in [3.8, 4) is 0 Å². The molecule has 22 heavy (non-hydrogen) atoms. The fourth-order valence-corrected chi connectivity index (χ4v) is 2.59. The van der Waals surface area contributed by atoms with Crippen molar-refractivity contribution in [3.05, 3.63) is 16.1 Å². The van der Waals surface area contributed by atoms with Crippen LogP contribution in [0.1, 0.15) is 50.2 Å². The largest absolute Gasteiger partial charge is 0.356 e. The SMILES string of the molecule is CCCNC(=O)CCNC(=NC)NCc1nc(C(C)C)cs1. The third kappa shape index (κ3) is 6.89. The monoisotopic (exact) mass is 325 g/mol. The number of hydrogen-bond acceptors (Lipinski definition) is 4. The minimum absolute atomic E-state index is 0.0614. The summed E-state index contributed by atoms with van der Waals surface area (Å²) in [7, 11) is 1.72. The Kier molecular flexibility index (Phi) is 8.50. The summed E-state index contributed by atoms with van der Waals surface area (Å²) in [5.41, 5.74) is 1.12. The second-order valence-corrected chi connectivity index (χ2v) is 6.22. The van der Waals surface area contributed by atoms with Gasteiger partial charge in [-0.2, -0.15) is 0 Å². The van der Waals surface area contributed by atoms with E-state index in [4.69, 9.17) is 0 Å². The summed E-state index contributed by atoms with van der Waals surface area (Å²) in [6.45, 7) is 8.23. The van der Waals surface area contributed by atoms with E-state index in [0.717, 1.165) is 23.7 Å². The van der Waals surface area contributed by atoms with Gasteiger partial charge in [0.2, 0.25) is 5.91 Å². The number of carbonyl (C=O) groups is 1. The summed E-state index contributed by atoms with van der Waals surface area (Å²) in [6.07, 6.45) is 1.39. The summed E-state index contributed by atoms with van der Waals surface area (Å²) in [5, 5.41) is 12.3. The third-order valence-corrected chi connectivity index (χ3v) is 3.88. The zero-order chi connectivity index (χ0) is 16.4. The van der Waals surface area contributed by atoms with Crippen molar-refractivity contribution >= 4 is 23.2 Å². The number of aliphatic imine (C=N–C) groups is 1. The molecule has 6 nitrogen and oxygen atoms in total. The fourth-order valence-electron chi connectivity index (χ4n) is 1.70. The van der Waals surface area contributed by atoms with Crippen molar-refractivity contribution in [1.82, 2.24) is 20.9 Å². The minimum Gasteiger partial charge on any atom is -0.356 e. The molecule has 0 aromatic carbocycles. The van der Waals surface area contributed by atoms with Gasteiger partial charge in [-0.25, -0.2) is 4.98 Å². The first-order chi connectivity index (χ1) is 10.6. The van der Waals surface area contributed by atoms with Gasteiger partial charge in [0.05, 0.1) is 12.2 Å². The Balaban J connectivity index is 2.28. The van der Waals surface area contributed by atoms with Crippen LogP contribution in [0.5, 0.6) is 0 Å². The number of nitrogens with one attached hydrogen (secondary N) is 3. The molecule has 3 N–H and O–H groups in total. The molecule has 0 spiro atoms. The molecule has 0 bridgehead atoms. The van der Waals surface area contributed by atoms with Gasteiger partial charge in [0.25, 0.3) is 0 Å². The summed E-state index contributed by atoms with van der Waals surface area (Å²) in [4.78, 5) is 20.2. The van der Waals surface area contributed by atoms with Crippen LogP contribution in [0.15, 0.2) is 10.4 Å². The van der Waals surface area contributed by atoms with E-state index in [1.807, 2.05) is 6.92 Å². The van der Waals surface area contributed by atoms with E-state index < -0.39 is 0 Å². The van der Waals surface area contributed by atoms with E-state index in [2.05, 4.69) is 45.2 Å². The average Bonchev–Trinajstić information content (AvgIpc) is 2.97. The van der Waals surface area contributed by atoms with Crippen LogP contribution in [0.4, 0.5) is 0 Å². The zero-order valence-corrected chi connectivity index (χ0v) is 14.7. The highest BCUT2D eigenvalue weighted by atomic mass is 32.1. The lowest BCUT2D eigenvalue weighted by Crippen LogP contribution is -2.39. The van der Waals surface area contributed by atoms with Crippen LogP contribution in [0.3, 0.4) is 0 Å². The number of rotatable bonds is 8. The van der Waals surface area contributed by atoms with Gasteiger partial charge in [-0.05, 0) is 12.3 Å². The molecule has 0 atom stereocenters. The lowest BCUT2D eigenvalue weighted by atomic mass is 10.2. The normalized spacial score (nSPS) is 11.6. The smallest absolute Gasteiger partial charge is 0.221 e. The second-order valence-electron chi connectivity index (χ2n) is 5.27. The highest BCUT2D eigenvalue weighted by molar-refractivity contribution is 7.09. The van der Waals surface area contributed by atoms with Crippen LogP contribution in [-0.2, 0) is 11.3 Å². The lowest BCUT2D eigenvalue weighted by molar-refractivity contribution is -0.120.